The zero-order valence-electron chi connectivity index (χ0n) is 9.58. The Labute approximate surface area is 105 Å². The van der Waals surface area contributed by atoms with Crippen molar-refractivity contribution in [2.24, 2.45) is 0 Å². The quantitative estimate of drug-likeness (QED) is 0.627. The molecule has 2 aromatic heterocycles. The Morgan fingerprint density at radius 1 is 1.00 bits per heavy atom. The molecule has 0 aliphatic heterocycles. The molecule has 0 saturated carbocycles. The van der Waals surface area contributed by atoms with Gasteiger partial charge in [0.15, 0.2) is 0 Å². The van der Waals surface area contributed by atoms with Crippen molar-refractivity contribution < 1.29 is 0 Å². The van der Waals surface area contributed by atoms with E-state index < -0.39 is 16.8 Å². The van der Waals surface area contributed by atoms with Crippen LogP contribution in [0, 0.1) is 0 Å². The highest BCUT2D eigenvalue weighted by Gasteiger charge is 2.08. The largest absolute Gasteiger partial charge is 0.334 e. The standard InChI is InChI=1S/C12H8N4O3/c17-9-5-6-16(12(19)15-9)10-11(18)14-8-4-2-1-3-7(8)13-10/h1-6H,(H,14,18)(H,15,17,19). The number of hydrogen-bond acceptors (Lipinski definition) is 4. The van der Waals surface area contributed by atoms with Crippen molar-refractivity contribution in [2.75, 3.05) is 0 Å². The number of hydrogen-bond donors (Lipinski definition) is 2. The molecule has 2 N–H and O–H groups in total. The number of fused-ring (bicyclic) bond motifs is 1. The number of aromatic nitrogens is 4. The van der Waals surface area contributed by atoms with Gasteiger partial charge in [0.05, 0.1) is 11.0 Å². The van der Waals surface area contributed by atoms with E-state index >= 15 is 0 Å². The molecule has 0 saturated heterocycles. The van der Waals surface area contributed by atoms with E-state index in [-0.39, 0.29) is 5.82 Å². The second kappa shape index (κ2) is 4.05. The monoisotopic (exact) mass is 256 g/mol. The topological polar surface area (TPSA) is 101 Å². The first-order valence-corrected chi connectivity index (χ1v) is 5.46. The predicted octanol–water partition coefficient (Wildman–Crippen LogP) is -0.238. The van der Waals surface area contributed by atoms with Crippen molar-refractivity contribution >= 4 is 11.0 Å². The number of rotatable bonds is 1. The summed E-state index contributed by atoms with van der Waals surface area (Å²) in [6.45, 7) is 0. The molecular weight excluding hydrogens is 248 g/mol. The SMILES string of the molecule is O=c1ccn(-c2nc3ccccc3[nH]c2=O)c(=O)[nH]1. The van der Waals surface area contributed by atoms with Crippen LogP contribution >= 0.6 is 0 Å². The summed E-state index contributed by atoms with van der Waals surface area (Å²) in [5.74, 6) is -0.0834. The molecule has 7 heteroatoms. The highest BCUT2D eigenvalue weighted by molar-refractivity contribution is 5.74. The van der Waals surface area contributed by atoms with Gasteiger partial charge in [-0.05, 0) is 12.1 Å². The highest BCUT2D eigenvalue weighted by Crippen LogP contribution is 2.06. The summed E-state index contributed by atoms with van der Waals surface area (Å²) in [5, 5.41) is 0. The summed E-state index contributed by atoms with van der Waals surface area (Å²) >= 11 is 0. The van der Waals surface area contributed by atoms with Crippen LogP contribution in [-0.2, 0) is 0 Å². The van der Waals surface area contributed by atoms with Crippen LogP contribution in [0.2, 0.25) is 0 Å². The Balaban J connectivity index is 2.36. The third-order valence-electron chi connectivity index (χ3n) is 2.63. The smallest absolute Gasteiger partial charge is 0.317 e. The Bertz CT molecular complexity index is 936. The van der Waals surface area contributed by atoms with E-state index in [2.05, 4.69) is 15.0 Å². The van der Waals surface area contributed by atoms with Gasteiger partial charge in [-0.25, -0.2) is 14.3 Å². The van der Waals surface area contributed by atoms with E-state index in [0.29, 0.717) is 11.0 Å². The van der Waals surface area contributed by atoms with Crippen LogP contribution < -0.4 is 16.8 Å². The van der Waals surface area contributed by atoms with Gasteiger partial charge in [0.2, 0.25) is 5.82 Å². The fourth-order valence-electron chi connectivity index (χ4n) is 1.77. The van der Waals surface area contributed by atoms with Gasteiger partial charge >= 0.3 is 5.69 Å². The lowest BCUT2D eigenvalue weighted by atomic mass is 10.3. The van der Waals surface area contributed by atoms with Gasteiger partial charge in [-0.1, -0.05) is 12.1 Å². The Morgan fingerprint density at radius 2 is 1.79 bits per heavy atom. The van der Waals surface area contributed by atoms with E-state index in [1.807, 2.05) is 0 Å². The van der Waals surface area contributed by atoms with Crippen LogP contribution in [0.15, 0.2) is 50.9 Å². The number of H-pyrrole nitrogens is 2. The zero-order valence-corrected chi connectivity index (χ0v) is 9.58. The van der Waals surface area contributed by atoms with Crippen LogP contribution in [0.3, 0.4) is 0 Å². The van der Waals surface area contributed by atoms with E-state index in [1.165, 1.54) is 6.20 Å². The number of aromatic amines is 2. The summed E-state index contributed by atoms with van der Waals surface area (Å²) in [6, 6.07) is 8.12. The maximum Gasteiger partial charge on any atom is 0.334 e. The second-order valence-corrected chi connectivity index (χ2v) is 3.89. The van der Waals surface area contributed by atoms with Crippen molar-refractivity contribution in [2.45, 2.75) is 0 Å². The predicted molar refractivity (Wildman–Crippen MR) is 68.6 cm³/mol. The lowest BCUT2D eigenvalue weighted by molar-refractivity contribution is 0.856. The number of nitrogens with zero attached hydrogens (tertiary/aromatic N) is 2. The van der Waals surface area contributed by atoms with Crippen LogP contribution in [0.1, 0.15) is 0 Å². The van der Waals surface area contributed by atoms with Crippen LogP contribution in [0.4, 0.5) is 0 Å². The number of para-hydroxylation sites is 2. The molecule has 0 fully saturated rings. The van der Waals surface area contributed by atoms with Crippen molar-refractivity contribution in [1.29, 1.82) is 0 Å². The minimum atomic E-state index is -0.708. The van der Waals surface area contributed by atoms with Crippen molar-refractivity contribution in [3.05, 3.63) is 67.7 Å². The lowest BCUT2D eigenvalue weighted by Crippen LogP contribution is -2.31. The van der Waals surface area contributed by atoms with Gasteiger partial charge in [0, 0.05) is 12.3 Å². The van der Waals surface area contributed by atoms with Gasteiger partial charge in [-0.2, -0.15) is 0 Å². The molecule has 0 unspecified atom stereocenters. The molecule has 1 aromatic carbocycles. The molecule has 0 radical (unpaired) electrons. The summed E-state index contributed by atoms with van der Waals surface area (Å²) in [7, 11) is 0. The first kappa shape index (κ1) is 11.1. The average molecular weight is 256 g/mol. The van der Waals surface area contributed by atoms with Crippen molar-refractivity contribution in [1.82, 2.24) is 19.5 Å². The molecule has 19 heavy (non-hydrogen) atoms. The molecule has 94 valence electrons. The fraction of sp³-hybridized carbons (Fsp3) is 0. The van der Waals surface area contributed by atoms with E-state index in [0.717, 1.165) is 10.6 Å². The normalized spacial score (nSPS) is 10.7. The van der Waals surface area contributed by atoms with Gasteiger partial charge in [0.25, 0.3) is 11.1 Å². The Kier molecular flexibility index (Phi) is 2.38. The second-order valence-electron chi connectivity index (χ2n) is 3.89. The average Bonchev–Trinajstić information content (AvgIpc) is 2.38. The van der Waals surface area contributed by atoms with Crippen LogP contribution in [-0.4, -0.2) is 19.5 Å². The molecule has 0 bridgehead atoms. The molecule has 0 aliphatic rings. The maximum atomic E-state index is 11.9. The van der Waals surface area contributed by atoms with Crippen molar-refractivity contribution in [3.63, 3.8) is 0 Å². The molecule has 7 nitrogen and oxygen atoms in total. The van der Waals surface area contributed by atoms with Gasteiger partial charge in [-0.3, -0.25) is 14.6 Å². The van der Waals surface area contributed by atoms with E-state index in [1.54, 1.807) is 24.3 Å². The van der Waals surface area contributed by atoms with Gasteiger partial charge in [0.1, 0.15) is 0 Å². The number of nitrogens with one attached hydrogen (secondary N) is 2. The van der Waals surface area contributed by atoms with Gasteiger partial charge in [-0.15, -0.1) is 0 Å². The zero-order chi connectivity index (χ0) is 13.4. The summed E-state index contributed by atoms with van der Waals surface area (Å²) < 4.78 is 0.993. The minimum absolute atomic E-state index is 0.0834. The summed E-state index contributed by atoms with van der Waals surface area (Å²) in [4.78, 5) is 43.4. The minimum Gasteiger partial charge on any atom is -0.317 e. The molecule has 0 amide bonds. The van der Waals surface area contributed by atoms with Crippen molar-refractivity contribution in [3.8, 4) is 5.82 Å². The van der Waals surface area contributed by atoms with Gasteiger partial charge < -0.3 is 4.98 Å². The molecule has 0 aliphatic carbocycles. The molecule has 2 heterocycles. The summed E-state index contributed by atoms with van der Waals surface area (Å²) in [6.07, 6.45) is 1.22. The third kappa shape index (κ3) is 1.86. The first-order valence-electron chi connectivity index (χ1n) is 5.46. The molecule has 3 aromatic rings. The first-order chi connectivity index (χ1) is 9.15. The van der Waals surface area contributed by atoms with Crippen LogP contribution in [0.25, 0.3) is 16.9 Å². The fourth-order valence-corrected chi connectivity index (χ4v) is 1.77. The molecule has 0 atom stereocenters. The molecular formula is C12H8N4O3. The molecule has 0 spiro atoms. The lowest BCUT2D eigenvalue weighted by Gasteiger charge is -2.03. The Morgan fingerprint density at radius 3 is 2.58 bits per heavy atom. The van der Waals surface area contributed by atoms with E-state index in [9.17, 15) is 14.4 Å². The summed E-state index contributed by atoms with van der Waals surface area (Å²) in [5.41, 5.74) is -0.615. The highest BCUT2D eigenvalue weighted by atomic mass is 16.2. The maximum absolute atomic E-state index is 11.9. The molecule has 3 rings (SSSR count). The Hall–Kier alpha value is -2.96. The number of benzene rings is 1. The van der Waals surface area contributed by atoms with Crippen LogP contribution in [0.5, 0.6) is 0 Å². The van der Waals surface area contributed by atoms with E-state index in [4.69, 9.17) is 0 Å². The third-order valence-corrected chi connectivity index (χ3v) is 2.63.